The number of carbonyl (C=O) groups is 1. The lowest BCUT2D eigenvalue weighted by Gasteiger charge is -2.14. The Hall–Kier alpha value is -2.17. The van der Waals surface area contributed by atoms with Gasteiger partial charge in [-0.25, -0.2) is 4.68 Å². The molecule has 124 valence electrons. The molecule has 5 nitrogen and oxygen atoms in total. The minimum absolute atomic E-state index is 0.0391. The summed E-state index contributed by atoms with van der Waals surface area (Å²) in [4.78, 5) is 24.6. The van der Waals surface area contributed by atoms with Crippen molar-refractivity contribution in [3.63, 3.8) is 0 Å². The summed E-state index contributed by atoms with van der Waals surface area (Å²) in [6.45, 7) is 5.96. The maximum Gasteiger partial charge on any atom is 0.275 e. The van der Waals surface area contributed by atoms with Gasteiger partial charge >= 0.3 is 0 Å². The second kappa shape index (κ2) is 7.90. The lowest BCUT2D eigenvalue weighted by molar-refractivity contribution is -0.122. The van der Waals surface area contributed by atoms with E-state index in [1.54, 1.807) is 6.07 Å². The minimum atomic E-state index is -0.222. The van der Waals surface area contributed by atoms with Crippen LogP contribution < -0.4 is 10.9 Å². The SMILES string of the molecule is CCCCCC(C)NC(=O)Cn1nc(C)c2ccccc2c1=O. The fourth-order valence-corrected chi connectivity index (χ4v) is 2.74. The number of benzene rings is 1. The number of rotatable bonds is 7. The molecule has 1 N–H and O–H groups in total. The second-order valence-corrected chi connectivity index (χ2v) is 6.06. The van der Waals surface area contributed by atoms with E-state index in [-0.39, 0.29) is 24.1 Å². The van der Waals surface area contributed by atoms with Crippen LogP contribution in [-0.2, 0) is 11.3 Å². The van der Waals surface area contributed by atoms with Crippen molar-refractivity contribution in [1.29, 1.82) is 0 Å². The average molecular weight is 315 g/mol. The Morgan fingerprint density at radius 2 is 1.96 bits per heavy atom. The van der Waals surface area contributed by atoms with Crippen LogP contribution in [0.25, 0.3) is 10.8 Å². The highest BCUT2D eigenvalue weighted by Crippen LogP contribution is 2.11. The summed E-state index contributed by atoms with van der Waals surface area (Å²) in [5, 5.41) is 8.65. The van der Waals surface area contributed by atoms with Crippen LogP contribution in [0.15, 0.2) is 29.1 Å². The molecule has 1 aromatic heterocycles. The molecule has 1 aromatic carbocycles. The van der Waals surface area contributed by atoms with Crippen molar-refractivity contribution in [3.8, 4) is 0 Å². The molecule has 2 rings (SSSR count). The molecule has 0 radical (unpaired) electrons. The Balaban J connectivity index is 2.08. The van der Waals surface area contributed by atoms with E-state index in [2.05, 4.69) is 17.3 Å². The molecule has 1 amide bonds. The Morgan fingerprint density at radius 1 is 1.26 bits per heavy atom. The molecule has 0 bridgehead atoms. The molecule has 0 saturated heterocycles. The fraction of sp³-hybridized carbons (Fsp3) is 0.500. The maximum atomic E-state index is 12.4. The monoisotopic (exact) mass is 315 g/mol. The summed E-state index contributed by atoms with van der Waals surface area (Å²) in [5.74, 6) is -0.168. The molecule has 0 aliphatic carbocycles. The van der Waals surface area contributed by atoms with Crippen molar-refractivity contribution < 1.29 is 4.79 Å². The van der Waals surface area contributed by atoms with Gasteiger partial charge in [-0.15, -0.1) is 0 Å². The molecular formula is C18H25N3O2. The maximum absolute atomic E-state index is 12.4. The van der Waals surface area contributed by atoms with E-state index in [0.717, 1.165) is 30.3 Å². The van der Waals surface area contributed by atoms with Crippen molar-refractivity contribution in [2.24, 2.45) is 0 Å². The summed E-state index contributed by atoms with van der Waals surface area (Å²) in [7, 11) is 0. The zero-order chi connectivity index (χ0) is 16.8. The van der Waals surface area contributed by atoms with Crippen LogP contribution in [0, 0.1) is 6.92 Å². The van der Waals surface area contributed by atoms with Crippen LogP contribution in [-0.4, -0.2) is 21.7 Å². The van der Waals surface area contributed by atoms with E-state index in [1.807, 2.05) is 32.0 Å². The van der Waals surface area contributed by atoms with Gasteiger partial charge in [0.25, 0.3) is 5.56 Å². The molecular weight excluding hydrogens is 290 g/mol. The molecule has 0 saturated carbocycles. The molecule has 0 aliphatic heterocycles. The summed E-state index contributed by atoms with van der Waals surface area (Å²) in [6, 6.07) is 7.47. The fourth-order valence-electron chi connectivity index (χ4n) is 2.74. The predicted octanol–water partition coefficient (Wildman–Crippen LogP) is 2.79. The van der Waals surface area contributed by atoms with E-state index in [9.17, 15) is 9.59 Å². The second-order valence-electron chi connectivity index (χ2n) is 6.06. The highest BCUT2D eigenvalue weighted by atomic mass is 16.2. The van der Waals surface area contributed by atoms with E-state index in [1.165, 1.54) is 11.1 Å². The van der Waals surface area contributed by atoms with Gasteiger partial charge in [0, 0.05) is 11.4 Å². The summed E-state index contributed by atoms with van der Waals surface area (Å²) in [5.41, 5.74) is 0.531. The van der Waals surface area contributed by atoms with Crippen molar-refractivity contribution in [3.05, 3.63) is 40.3 Å². The number of amides is 1. The Bertz CT molecular complexity index is 737. The highest BCUT2D eigenvalue weighted by Gasteiger charge is 2.12. The van der Waals surface area contributed by atoms with Crippen molar-refractivity contribution >= 4 is 16.7 Å². The molecule has 2 aromatic rings. The van der Waals surface area contributed by atoms with E-state index in [0.29, 0.717) is 5.39 Å². The molecule has 5 heteroatoms. The molecule has 1 unspecified atom stereocenters. The average Bonchev–Trinajstić information content (AvgIpc) is 2.52. The standard InChI is InChI=1S/C18H25N3O2/c1-4-5-6-9-13(2)19-17(22)12-21-18(23)16-11-8-7-10-15(16)14(3)20-21/h7-8,10-11,13H,4-6,9,12H2,1-3H3,(H,19,22). The Kier molecular flexibility index (Phi) is 5.90. The number of aryl methyl sites for hydroxylation is 1. The lowest BCUT2D eigenvalue weighted by atomic mass is 10.1. The van der Waals surface area contributed by atoms with Gasteiger partial charge in [0.2, 0.25) is 5.91 Å². The van der Waals surface area contributed by atoms with Crippen LogP contribution in [0.3, 0.4) is 0 Å². The highest BCUT2D eigenvalue weighted by molar-refractivity contribution is 5.83. The predicted molar refractivity (Wildman–Crippen MR) is 92.5 cm³/mol. The van der Waals surface area contributed by atoms with Crippen LogP contribution in [0.4, 0.5) is 0 Å². The van der Waals surface area contributed by atoms with E-state index in [4.69, 9.17) is 0 Å². The van der Waals surface area contributed by atoms with Crippen LogP contribution in [0.2, 0.25) is 0 Å². The first-order valence-electron chi connectivity index (χ1n) is 8.28. The Morgan fingerprint density at radius 3 is 2.65 bits per heavy atom. The van der Waals surface area contributed by atoms with Crippen molar-refractivity contribution in [1.82, 2.24) is 15.1 Å². The number of nitrogens with zero attached hydrogens (tertiary/aromatic N) is 2. The largest absolute Gasteiger partial charge is 0.352 e. The van der Waals surface area contributed by atoms with Gasteiger partial charge in [0.15, 0.2) is 0 Å². The van der Waals surface area contributed by atoms with Gasteiger partial charge in [-0.2, -0.15) is 5.10 Å². The molecule has 1 heterocycles. The van der Waals surface area contributed by atoms with Gasteiger partial charge < -0.3 is 5.32 Å². The van der Waals surface area contributed by atoms with Crippen LogP contribution >= 0.6 is 0 Å². The van der Waals surface area contributed by atoms with E-state index >= 15 is 0 Å². The van der Waals surface area contributed by atoms with Gasteiger partial charge in [0.1, 0.15) is 6.54 Å². The first-order valence-corrected chi connectivity index (χ1v) is 8.28. The topological polar surface area (TPSA) is 64.0 Å². The number of hydrogen-bond acceptors (Lipinski definition) is 3. The quantitative estimate of drug-likeness (QED) is 0.799. The third-order valence-corrected chi connectivity index (χ3v) is 3.99. The molecule has 0 fully saturated rings. The zero-order valence-corrected chi connectivity index (χ0v) is 14.1. The van der Waals surface area contributed by atoms with Gasteiger partial charge in [-0.3, -0.25) is 9.59 Å². The summed E-state index contributed by atoms with van der Waals surface area (Å²) in [6.07, 6.45) is 4.39. The first-order chi connectivity index (χ1) is 11.0. The number of carbonyl (C=O) groups excluding carboxylic acids is 1. The normalized spacial score (nSPS) is 12.3. The lowest BCUT2D eigenvalue weighted by Crippen LogP contribution is -2.38. The molecule has 0 spiro atoms. The van der Waals surface area contributed by atoms with Crippen molar-refractivity contribution in [2.75, 3.05) is 0 Å². The first kappa shape index (κ1) is 17.2. The molecule has 23 heavy (non-hydrogen) atoms. The summed E-state index contributed by atoms with van der Waals surface area (Å²) < 4.78 is 1.26. The number of fused-ring (bicyclic) bond motifs is 1. The number of unbranched alkanes of at least 4 members (excludes halogenated alkanes) is 2. The Labute approximate surface area is 136 Å². The van der Waals surface area contributed by atoms with Crippen LogP contribution in [0.1, 0.15) is 45.2 Å². The summed E-state index contributed by atoms with van der Waals surface area (Å²) >= 11 is 0. The smallest absolute Gasteiger partial charge is 0.275 e. The van der Waals surface area contributed by atoms with E-state index < -0.39 is 0 Å². The number of hydrogen-bond donors (Lipinski definition) is 1. The van der Waals surface area contributed by atoms with Crippen molar-refractivity contribution in [2.45, 2.75) is 59.0 Å². The molecule has 1 atom stereocenters. The van der Waals surface area contributed by atoms with Gasteiger partial charge in [-0.05, 0) is 26.3 Å². The third-order valence-electron chi connectivity index (χ3n) is 3.99. The zero-order valence-electron chi connectivity index (χ0n) is 14.1. The van der Waals surface area contributed by atoms with Crippen LogP contribution in [0.5, 0.6) is 0 Å². The molecule has 0 aliphatic rings. The third kappa shape index (κ3) is 4.41. The minimum Gasteiger partial charge on any atom is -0.352 e. The van der Waals surface area contributed by atoms with Gasteiger partial charge in [-0.1, -0.05) is 44.4 Å². The van der Waals surface area contributed by atoms with Gasteiger partial charge in [0.05, 0.1) is 11.1 Å². The number of nitrogens with one attached hydrogen (secondary N) is 1. The number of aromatic nitrogens is 2.